The molecule has 1 aromatic rings. The number of carboxylic acids is 1. The summed E-state index contributed by atoms with van der Waals surface area (Å²) in [6.45, 7) is -2.74. The van der Waals surface area contributed by atoms with Gasteiger partial charge in [0, 0.05) is 6.54 Å². The summed E-state index contributed by atoms with van der Waals surface area (Å²) in [4.78, 5) is 11.4. The minimum atomic E-state index is -4.65. The Labute approximate surface area is 105 Å². The molecule has 0 fully saturated rings. The van der Waals surface area contributed by atoms with Crippen molar-refractivity contribution in [3.05, 3.63) is 29.6 Å². The van der Waals surface area contributed by atoms with Crippen LogP contribution in [0.3, 0.4) is 0 Å². The van der Waals surface area contributed by atoms with Crippen LogP contribution in [0.2, 0.25) is 0 Å². The lowest BCUT2D eigenvalue weighted by molar-refractivity contribution is -0.119. The zero-order valence-electron chi connectivity index (χ0n) is 9.62. The molecular formula is C11H11F4NO3. The van der Waals surface area contributed by atoms with Crippen LogP contribution >= 0.6 is 0 Å². The van der Waals surface area contributed by atoms with Crippen LogP contribution in [0.4, 0.5) is 23.2 Å². The zero-order chi connectivity index (χ0) is 14.6. The van der Waals surface area contributed by atoms with Gasteiger partial charge in [0.05, 0.1) is 17.9 Å². The summed E-state index contributed by atoms with van der Waals surface area (Å²) in [7, 11) is 0. The molecule has 1 aromatic carbocycles. The molecule has 4 nitrogen and oxygen atoms in total. The Morgan fingerprint density at radius 1 is 1.32 bits per heavy atom. The maximum absolute atomic E-state index is 13.6. The number of aliphatic hydroxyl groups excluding tert-OH is 1. The van der Waals surface area contributed by atoms with E-state index in [0.717, 1.165) is 18.2 Å². The standard InChI is InChI=1S/C11H11F4NO3/c12-8-3-1-2-7(10(18)19)9(8)16(4-5-17)6-11(13,14)15/h1-3,17H,4-6H2,(H,18,19). The summed E-state index contributed by atoms with van der Waals surface area (Å²) in [5, 5.41) is 17.6. The van der Waals surface area contributed by atoms with E-state index >= 15 is 0 Å². The molecule has 0 spiro atoms. The van der Waals surface area contributed by atoms with Crippen molar-refractivity contribution in [2.24, 2.45) is 0 Å². The van der Waals surface area contributed by atoms with E-state index in [1.807, 2.05) is 0 Å². The molecule has 2 N–H and O–H groups in total. The van der Waals surface area contributed by atoms with Crippen LogP contribution in [0.25, 0.3) is 0 Å². The highest BCUT2D eigenvalue weighted by Crippen LogP contribution is 2.28. The third kappa shape index (κ3) is 4.09. The van der Waals surface area contributed by atoms with Crippen molar-refractivity contribution in [2.75, 3.05) is 24.6 Å². The van der Waals surface area contributed by atoms with Crippen molar-refractivity contribution in [3.8, 4) is 0 Å². The van der Waals surface area contributed by atoms with Crippen molar-refractivity contribution in [1.82, 2.24) is 0 Å². The summed E-state index contributed by atoms with van der Waals surface area (Å²) in [5.74, 6) is -2.63. The lowest BCUT2D eigenvalue weighted by atomic mass is 10.1. The van der Waals surface area contributed by atoms with Gasteiger partial charge in [0.1, 0.15) is 12.4 Å². The van der Waals surface area contributed by atoms with Gasteiger partial charge in [-0.1, -0.05) is 6.07 Å². The molecule has 0 heterocycles. The first-order valence-corrected chi connectivity index (χ1v) is 5.20. The molecule has 0 atom stereocenters. The molecular weight excluding hydrogens is 270 g/mol. The molecule has 19 heavy (non-hydrogen) atoms. The molecule has 8 heteroatoms. The van der Waals surface area contributed by atoms with Gasteiger partial charge < -0.3 is 15.1 Å². The Kier molecular flexibility index (Phi) is 4.71. The number of hydrogen-bond donors (Lipinski definition) is 2. The van der Waals surface area contributed by atoms with Crippen LogP contribution in [0.15, 0.2) is 18.2 Å². The van der Waals surface area contributed by atoms with Crippen LogP contribution in [-0.2, 0) is 0 Å². The molecule has 0 saturated heterocycles. The molecule has 0 unspecified atom stereocenters. The Balaban J connectivity index is 3.25. The van der Waals surface area contributed by atoms with Crippen molar-refractivity contribution in [2.45, 2.75) is 6.18 Å². The maximum atomic E-state index is 13.6. The Hall–Kier alpha value is -1.83. The second-order valence-electron chi connectivity index (χ2n) is 3.70. The smallest absolute Gasteiger partial charge is 0.405 e. The summed E-state index contributed by atoms with van der Waals surface area (Å²) >= 11 is 0. The van der Waals surface area contributed by atoms with E-state index in [-0.39, 0.29) is 0 Å². The number of rotatable bonds is 5. The first-order valence-electron chi connectivity index (χ1n) is 5.20. The van der Waals surface area contributed by atoms with Crippen LogP contribution in [0, 0.1) is 5.82 Å². The highest BCUT2D eigenvalue weighted by atomic mass is 19.4. The summed E-state index contributed by atoms with van der Waals surface area (Å²) in [5.41, 5.74) is -1.26. The van der Waals surface area contributed by atoms with E-state index in [1.54, 1.807) is 0 Å². The predicted molar refractivity (Wildman–Crippen MR) is 58.7 cm³/mol. The minimum absolute atomic E-state index is 0.457. The van der Waals surface area contributed by atoms with Crippen LogP contribution in [-0.4, -0.2) is 42.1 Å². The first-order chi connectivity index (χ1) is 8.76. The van der Waals surface area contributed by atoms with Gasteiger partial charge in [0.15, 0.2) is 0 Å². The number of anilines is 1. The number of alkyl halides is 3. The molecule has 0 aliphatic heterocycles. The zero-order valence-corrected chi connectivity index (χ0v) is 9.62. The third-order valence-electron chi connectivity index (χ3n) is 2.27. The molecule has 0 aliphatic carbocycles. The second-order valence-corrected chi connectivity index (χ2v) is 3.70. The van der Waals surface area contributed by atoms with Crippen molar-refractivity contribution in [3.63, 3.8) is 0 Å². The monoisotopic (exact) mass is 281 g/mol. The highest BCUT2D eigenvalue weighted by molar-refractivity contribution is 5.94. The lowest BCUT2D eigenvalue weighted by Crippen LogP contribution is -2.37. The number of aromatic carboxylic acids is 1. The third-order valence-corrected chi connectivity index (χ3v) is 2.27. The average Bonchev–Trinajstić information content (AvgIpc) is 2.26. The lowest BCUT2D eigenvalue weighted by Gasteiger charge is -2.26. The first kappa shape index (κ1) is 15.2. The average molecular weight is 281 g/mol. The number of carbonyl (C=O) groups is 1. The second kappa shape index (κ2) is 5.87. The molecule has 0 bridgehead atoms. The predicted octanol–water partition coefficient (Wildman–Crippen LogP) is 1.88. The number of carboxylic acid groups (broad SMARTS) is 1. The number of benzene rings is 1. The number of halogens is 4. The van der Waals surface area contributed by atoms with Crippen LogP contribution < -0.4 is 4.90 Å². The molecule has 0 amide bonds. The molecule has 0 aliphatic rings. The summed E-state index contributed by atoms with van der Waals surface area (Å²) < 4.78 is 50.8. The van der Waals surface area contributed by atoms with Gasteiger partial charge in [0.2, 0.25) is 0 Å². The van der Waals surface area contributed by atoms with Crippen molar-refractivity contribution in [1.29, 1.82) is 0 Å². The molecule has 1 rings (SSSR count). The minimum Gasteiger partial charge on any atom is -0.478 e. The van der Waals surface area contributed by atoms with Gasteiger partial charge in [-0.3, -0.25) is 0 Å². The van der Waals surface area contributed by atoms with E-state index in [9.17, 15) is 22.4 Å². The fourth-order valence-corrected chi connectivity index (χ4v) is 1.62. The fraction of sp³-hybridized carbons (Fsp3) is 0.364. The maximum Gasteiger partial charge on any atom is 0.405 e. The number of para-hydroxylation sites is 1. The van der Waals surface area contributed by atoms with Gasteiger partial charge in [-0.25, -0.2) is 9.18 Å². The highest BCUT2D eigenvalue weighted by Gasteiger charge is 2.33. The van der Waals surface area contributed by atoms with E-state index < -0.39 is 48.9 Å². The largest absolute Gasteiger partial charge is 0.478 e. The fourth-order valence-electron chi connectivity index (χ4n) is 1.62. The quantitative estimate of drug-likeness (QED) is 0.809. The van der Waals surface area contributed by atoms with Crippen LogP contribution in [0.5, 0.6) is 0 Å². The van der Waals surface area contributed by atoms with Gasteiger partial charge >= 0.3 is 12.1 Å². The van der Waals surface area contributed by atoms with E-state index in [0.29, 0.717) is 4.90 Å². The molecule has 0 radical (unpaired) electrons. The van der Waals surface area contributed by atoms with E-state index in [2.05, 4.69) is 0 Å². The normalized spacial score (nSPS) is 11.4. The Morgan fingerprint density at radius 3 is 2.42 bits per heavy atom. The van der Waals surface area contributed by atoms with Crippen LogP contribution in [0.1, 0.15) is 10.4 Å². The molecule has 0 aromatic heterocycles. The van der Waals surface area contributed by atoms with Crippen molar-refractivity contribution >= 4 is 11.7 Å². The summed E-state index contributed by atoms with van der Waals surface area (Å²) in [6.07, 6.45) is -4.65. The van der Waals surface area contributed by atoms with Gasteiger partial charge in [-0.15, -0.1) is 0 Å². The number of nitrogens with zero attached hydrogens (tertiary/aromatic N) is 1. The number of aliphatic hydroxyl groups is 1. The van der Waals surface area contributed by atoms with Crippen molar-refractivity contribution < 1.29 is 32.6 Å². The van der Waals surface area contributed by atoms with Gasteiger partial charge in [-0.05, 0) is 12.1 Å². The topological polar surface area (TPSA) is 60.8 Å². The Bertz CT molecular complexity index is 462. The molecule has 0 saturated carbocycles. The van der Waals surface area contributed by atoms with Gasteiger partial charge in [0.25, 0.3) is 0 Å². The number of hydrogen-bond acceptors (Lipinski definition) is 3. The Morgan fingerprint density at radius 2 is 1.95 bits per heavy atom. The van der Waals surface area contributed by atoms with E-state index in [1.165, 1.54) is 0 Å². The van der Waals surface area contributed by atoms with E-state index in [4.69, 9.17) is 10.2 Å². The van der Waals surface area contributed by atoms with Gasteiger partial charge in [-0.2, -0.15) is 13.2 Å². The SMILES string of the molecule is O=C(O)c1cccc(F)c1N(CCO)CC(F)(F)F. The molecule has 106 valence electrons. The summed E-state index contributed by atoms with van der Waals surface area (Å²) in [6, 6.07) is 2.96.